The van der Waals surface area contributed by atoms with Gasteiger partial charge in [-0.3, -0.25) is 4.90 Å². The molecule has 0 aromatic carbocycles. The van der Waals surface area contributed by atoms with Gasteiger partial charge in [-0.1, -0.05) is 19.8 Å². The van der Waals surface area contributed by atoms with Gasteiger partial charge in [0.05, 0.1) is 6.54 Å². The molecule has 1 aromatic rings. The lowest BCUT2D eigenvalue weighted by atomic mass is 9.90. The van der Waals surface area contributed by atoms with Crippen molar-refractivity contribution in [2.75, 3.05) is 13.1 Å². The average Bonchev–Trinajstić information content (AvgIpc) is 3.03. The van der Waals surface area contributed by atoms with Crippen molar-refractivity contribution in [3.8, 4) is 0 Å². The van der Waals surface area contributed by atoms with Crippen LogP contribution in [0.25, 0.3) is 0 Å². The zero-order chi connectivity index (χ0) is 13.3. The monoisotopic (exact) mass is 279 g/mol. The van der Waals surface area contributed by atoms with E-state index in [-0.39, 0.29) is 0 Å². The van der Waals surface area contributed by atoms with Crippen LogP contribution in [-0.2, 0) is 6.54 Å². The Morgan fingerprint density at radius 1 is 1.47 bits per heavy atom. The van der Waals surface area contributed by atoms with Crippen LogP contribution in [0, 0.1) is 6.92 Å². The maximum Gasteiger partial charge on any atom is 0.107 e. The Labute approximate surface area is 120 Å². The predicted octanol–water partition coefficient (Wildman–Crippen LogP) is 2.95. The van der Waals surface area contributed by atoms with Crippen molar-refractivity contribution in [1.82, 2.24) is 15.2 Å². The van der Waals surface area contributed by atoms with Gasteiger partial charge in [0.1, 0.15) is 5.01 Å². The first-order chi connectivity index (χ1) is 9.22. The summed E-state index contributed by atoms with van der Waals surface area (Å²) >= 11 is 1.82. The summed E-state index contributed by atoms with van der Waals surface area (Å²) in [5.74, 6) is 0. The molecule has 1 spiro atoms. The zero-order valence-corrected chi connectivity index (χ0v) is 12.9. The van der Waals surface area contributed by atoms with Gasteiger partial charge in [-0.15, -0.1) is 11.3 Å². The Bertz CT molecular complexity index is 423. The van der Waals surface area contributed by atoms with Crippen LogP contribution < -0.4 is 5.32 Å². The molecule has 1 aromatic heterocycles. The zero-order valence-electron chi connectivity index (χ0n) is 12.1. The van der Waals surface area contributed by atoms with Gasteiger partial charge in [0.15, 0.2) is 0 Å². The topological polar surface area (TPSA) is 28.2 Å². The van der Waals surface area contributed by atoms with E-state index in [0.717, 1.165) is 6.54 Å². The van der Waals surface area contributed by atoms with Gasteiger partial charge in [0.2, 0.25) is 0 Å². The molecule has 2 heterocycles. The second-order valence-corrected chi connectivity index (χ2v) is 7.12. The lowest BCUT2D eigenvalue weighted by molar-refractivity contribution is 0.0348. The van der Waals surface area contributed by atoms with Crippen LogP contribution in [0.4, 0.5) is 0 Å². The van der Waals surface area contributed by atoms with Crippen molar-refractivity contribution in [3.05, 3.63) is 16.1 Å². The lowest BCUT2D eigenvalue weighted by Gasteiger charge is -2.48. The summed E-state index contributed by atoms with van der Waals surface area (Å²) in [4.78, 5) is 7.41. The first kappa shape index (κ1) is 13.5. The Kier molecular flexibility index (Phi) is 3.92. The molecule has 4 heteroatoms. The van der Waals surface area contributed by atoms with Crippen molar-refractivity contribution >= 4 is 11.3 Å². The highest BCUT2D eigenvalue weighted by atomic mass is 32.1. The third-order valence-electron chi connectivity index (χ3n) is 4.85. The number of aromatic nitrogens is 1. The SMILES string of the molecule is CCC1CN(Cc2nc(C)cs2)C2(CCCC2)CN1. The molecule has 19 heavy (non-hydrogen) atoms. The van der Waals surface area contributed by atoms with Crippen LogP contribution >= 0.6 is 11.3 Å². The van der Waals surface area contributed by atoms with Crippen molar-refractivity contribution < 1.29 is 0 Å². The molecule has 1 saturated carbocycles. The minimum absolute atomic E-state index is 0.422. The standard InChI is InChI=1S/C15H25N3S/c1-3-13-8-18(9-14-17-12(2)10-19-14)15(11-16-13)6-4-5-7-15/h10,13,16H,3-9,11H2,1-2H3. The van der Waals surface area contributed by atoms with E-state index in [1.54, 1.807) is 0 Å². The normalized spacial score (nSPS) is 27.2. The number of nitrogens with one attached hydrogen (secondary N) is 1. The summed E-state index contributed by atoms with van der Waals surface area (Å²) in [5, 5.41) is 7.23. The molecule has 3 nitrogen and oxygen atoms in total. The fourth-order valence-electron chi connectivity index (χ4n) is 3.64. The van der Waals surface area contributed by atoms with E-state index in [1.807, 2.05) is 11.3 Å². The summed E-state index contributed by atoms with van der Waals surface area (Å²) in [6.07, 6.45) is 6.74. The summed E-state index contributed by atoms with van der Waals surface area (Å²) in [6.45, 7) is 7.80. The number of rotatable bonds is 3. The van der Waals surface area contributed by atoms with E-state index >= 15 is 0 Å². The first-order valence-electron chi connectivity index (χ1n) is 7.61. The third kappa shape index (κ3) is 2.71. The van der Waals surface area contributed by atoms with Crippen molar-refractivity contribution in [2.24, 2.45) is 0 Å². The van der Waals surface area contributed by atoms with Gasteiger partial charge < -0.3 is 5.32 Å². The Morgan fingerprint density at radius 3 is 2.89 bits per heavy atom. The van der Waals surface area contributed by atoms with Crippen LogP contribution in [0.3, 0.4) is 0 Å². The van der Waals surface area contributed by atoms with Gasteiger partial charge in [-0.05, 0) is 26.2 Å². The fraction of sp³-hybridized carbons (Fsp3) is 0.800. The first-order valence-corrected chi connectivity index (χ1v) is 8.49. The molecular formula is C15H25N3S. The highest BCUT2D eigenvalue weighted by Gasteiger charge is 2.43. The largest absolute Gasteiger partial charge is 0.311 e. The van der Waals surface area contributed by atoms with E-state index in [2.05, 4.69) is 34.4 Å². The molecule has 0 amide bonds. The van der Waals surface area contributed by atoms with Gasteiger partial charge in [-0.2, -0.15) is 0 Å². The maximum absolute atomic E-state index is 4.67. The number of aryl methyl sites for hydroxylation is 1. The maximum atomic E-state index is 4.67. The fourth-order valence-corrected chi connectivity index (χ4v) is 4.43. The Hall–Kier alpha value is -0.450. The third-order valence-corrected chi connectivity index (χ3v) is 5.80. The number of piperazine rings is 1. The average molecular weight is 279 g/mol. The molecule has 0 radical (unpaired) electrons. The summed E-state index contributed by atoms with van der Waals surface area (Å²) < 4.78 is 0. The van der Waals surface area contributed by atoms with Crippen molar-refractivity contribution in [1.29, 1.82) is 0 Å². The molecule has 106 valence electrons. The Balaban J connectivity index is 1.76. The van der Waals surface area contributed by atoms with Crippen LogP contribution in [0.1, 0.15) is 49.7 Å². The van der Waals surface area contributed by atoms with Crippen LogP contribution in [0.5, 0.6) is 0 Å². The molecule has 0 bridgehead atoms. The van der Waals surface area contributed by atoms with E-state index in [0.29, 0.717) is 11.6 Å². The molecule has 1 saturated heterocycles. The minimum Gasteiger partial charge on any atom is -0.311 e. The van der Waals surface area contributed by atoms with Gasteiger partial charge in [0, 0.05) is 35.7 Å². The molecule has 1 atom stereocenters. The summed E-state index contributed by atoms with van der Waals surface area (Å²) in [6, 6.07) is 0.660. The highest BCUT2D eigenvalue weighted by Crippen LogP contribution is 2.38. The molecule has 2 aliphatic rings. The van der Waals surface area contributed by atoms with E-state index in [4.69, 9.17) is 0 Å². The number of thiazole rings is 1. The Morgan fingerprint density at radius 2 is 2.26 bits per heavy atom. The lowest BCUT2D eigenvalue weighted by Crippen LogP contribution is -2.62. The summed E-state index contributed by atoms with van der Waals surface area (Å²) in [7, 11) is 0. The molecule has 1 unspecified atom stereocenters. The highest BCUT2D eigenvalue weighted by molar-refractivity contribution is 7.09. The molecule has 3 rings (SSSR count). The molecule has 1 aliphatic heterocycles. The van der Waals surface area contributed by atoms with E-state index < -0.39 is 0 Å². The van der Waals surface area contributed by atoms with Gasteiger partial charge >= 0.3 is 0 Å². The number of nitrogens with zero attached hydrogens (tertiary/aromatic N) is 2. The van der Waals surface area contributed by atoms with Crippen molar-refractivity contribution in [2.45, 2.75) is 64.1 Å². The van der Waals surface area contributed by atoms with E-state index in [1.165, 1.54) is 55.9 Å². The number of hydrogen-bond acceptors (Lipinski definition) is 4. The molecular weight excluding hydrogens is 254 g/mol. The predicted molar refractivity (Wildman–Crippen MR) is 80.5 cm³/mol. The molecule has 1 N–H and O–H groups in total. The van der Waals surface area contributed by atoms with Crippen molar-refractivity contribution in [3.63, 3.8) is 0 Å². The number of hydrogen-bond donors (Lipinski definition) is 1. The van der Waals surface area contributed by atoms with Crippen LogP contribution in [-0.4, -0.2) is 34.6 Å². The second kappa shape index (κ2) is 5.51. The van der Waals surface area contributed by atoms with E-state index in [9.17, 15) is 0 Å². The quantitative estimate of drug-likeness (QED) is 0.922. The minimum atomic E-state index is 0.422. The van der Waals surface area contributed by atoms with Crippen LogP contribution in [0.15, 0.2) is 5.38 Å². The second-order valence-electron chi connectivity index (χ2n) is 6.18. The van der Waals surface area contributed by atoms with Gasteiger partial charge in [0.25, 0.3) is 0 Å². The smallest absolute Gasteiger partial charge is 0.107 e. The molecule has 1 aliphatic carbocycles. The summed E-state index contributed by atoms with van der Waals surface area (Å²) in [5.41, 5.74) is 1.59. The van der Waals surface area contributed by atoms with Crippen LogP contribution in [0.2, 0.25) is 0 Å². The van der Waals surface area contributed by atoms with Gasteiger partial charge in [-0.25, -0.2) is 4.98 Å². The molecule has 2 fully saturated rings.